The van der Waals surface area contributed by atoms with Crippen LogP contribution in [0, 0.1) is 12.3 Å². The number of terminal acetylenes is 1. The Hall–Kier alpha value is -1.36. The van der Waals surface area contributed by atoms with E-state index in [9.17, 15) is 0 Å². The monoisotopic (exact) mass is 194 g/mol. The molecule has 0 aliphatic rings. The molecule has 0 aromatic carbocycles. The molecule has 0 aliphatic heterocycles. The van der Waals surface area contributed by atoms with Gasteiger partial charge in [0.1, 0.15) is 0 Å². The van der Waals surface area contributed by atoms with E-state index >= 15 is 0 Å². The first kappa shape index (κ1) is 15.1. The highest BCUT2D eigenvalue weighted by Gasteiger charge is 1.95. The van der Waals surface area contributed by atoms with Gasteiger partial charge >= 0.3 is 0 Å². The highest BCUT2D eigenvalue weighted by Crippen LogP contribution is 2.11. The highest BCUT2D eigenvalue weighted by molar-refractivity contribution is 5.47. The van der Waals surface area contributed by atoms with Crippen molar-refractivity contribution >= 4 is 5.69 Å². The van der Waals surface area contributed by atoms with Gasteiger partial charge in [-0.1, -0.05) is 20.8 Å². The Bertz CT molecular complexity index is 225. The minimum absolute atomic E-state index is 1.06. The van der Waals surface area contributed by atoms with Crippen molar-refractivity contribution in [1.29, 1.82) is 0 Å². The molecule has 1 aromatic rings. The van der Waals surface area contributed by atoms with Crippen LogP contribution in [0.25, 0.3) is 0 Å². The van der Waals surface area contributed by atoms with Gasteiger partial charge in [-0.3, -0.25) is 0 Å². The average molecular weight is 194 g/mol. The van der Waals surface area contributed by atoms with Gasteiger partial charge in [-0.15, -0.1) is 12.3 Å². The lowest BCUT2D eigenvalue weighted by Crippen LogP contribution is -1.90. The van der Waals surface area contributed by atoms with Gasteiger partial charge in [0.2, 0.25) is 0 Å². The van der Waals surface area contributed by atoms with Gasteiger partial charge in [-0.2, -0.15) is 0 Å². The Morgan fingerprint density at radius 3 is 2.29 bits per heavy atom. The summed E-state index contributed by atoms with van der Waals surface area (Å²) in [5.41, 5.74) is 2.48. The van der Waals surface area contributed by atoms with Gasteiger partial charge in [0.05, 0.1) is 5.69 Å². The van der Waals surface area contributed by atoms with Crippen molar-refractivity contribution in [2.24, 2.45) is 0 Å². The zero-order chi connectivity index (χ0) is 11.4. The number of anilines is 1. The van der Waals surface area contributed by atoms with E-state index in [0.29, 0.717) is 0 Å². The molecule has 0 amide bonds. The van der Waals surface area contributed by atoms with E-state index in [1.54, 1.807) is 6.92 Å². The lowest BCUT2D eigenvalue weighted by Gasteiger charge is -1.97. The van der Waals surface area contributed by atoms with E-state index in [2.05, 4.69) is 29.6 Å². The van der Waals surface area contributed by atoms with Gasteiger partial charge in [-0.05, 0) is 19.4 Å². The summed E-state index contributed by atoms with van der Waals surface area (Å²) in [5, 5.41) is 3.10. The Labute approximate surface area is 88.1 Å². The van der Waals surface area contributed by atoms with Gasteiger partial charge in [0.15, 0.2) is 0 Å². The molecule has 14 heavy (non-hydrogen) atoms. The van der Waals surface area contributed by atoms with Crippen LogP contribution in [0.1, 0.15) is 33.4 Å². The molecular weight excluding hydrogens is 172 g/mol. The standard InChI is InChI=1S/C7H12N2.C3H4.C2H6/c1-3-6-7(8-2)4-5-9-6;1-3-2;1-2/h4-5,8-9H,3H2,1-2H3;1H,2H3;1-2H3. The summed E-state index contributed by atoms with van der Waals surface area (Å²) >= 11 is 0. The third-order valence-electron chi connectivity index (χ3n) is 1.46. The first-order valence-corrected chi connectivity index (χ1v) is 5.01. The molecular formula is C12H22N2. The van der Waals surface area contributed by atoms with Crippen LogP contribution in [0.4, 0.5) is 5.69 Å². The van der Waals surface area contributed by atoms with Crippen molar-refractivity contribution in [3.8, 4) is 12.3 Å². The molecule has 0 radical (unpaired) electrons. The molecule has 1 heterocycles. The Morgan fingerprint density at radius 1 is 1.50 bits per heavy atom. The second kappa shape index (κ2) is 11.6. The van der Waals surface area contributed by atoms with Crippen LogP contribution in [0.2, 0.25) is 0 Å². The van der Waals surface area contributed by atoms with Gasteiger partial charge < -0.3 is 10.3 Å². The third kappa shape index (κ3) is 6.19. The van der Waals surface area contributed by atoms with Crippen LogP contribution in [-0.4, -0.2) is 12.0 Å². The second-order valence-electron chi connectivity index (χ2n) is 2.26. The largest absolute Gasteiger partial charge is 0.387 e. The Kier molecular flexibility index (Phi) is 12.6. The number of aryl methyl sites for hydroxylation is 1. The second-order valence-corrected chi connectivity index (χ2v) is 2.26. The van der Waals surface area contributed by atoms with E-state index in [0.717, 1.165) is 6.42 Å². The first-order chi connectivity index (χ1) is 6.79. The van der Waals surface area contributed by atoms with E-state index < -0.39 is 0 Å². The van der Waals surface area contributed by atoms with Gasteiger partial charge in [0.25, 0.3) is 0 Å². The summed E-state index contributed by atoms with van der Waals surface area (Å²) in [7, 11) is 1.93. The fourth-order valence-corrected chi connectivity index (χ4v) is 0.931. The van der Waals surface area contributed by atoms with E-state index in [1.807, 2.05) is 33.2 Å². The molecule has 0 bridgehead atoms. The Morgan fingerprint density at radius 2 is 2.00 bits per heavy atom. The van der Waals surface area contributed by atoms with E-state index in [-0.39, 0.29) is 0 Å². The minimum atomic E-state index is 1.06. The SMILES string of the molecule is C#CC.CC.CCc1[nH]ccc1NC. The number of aromatic nitrogens is 1. The summed E-state index contributed by atoms with van der Waals surface area (Å²) in [6.07, 6.45) is 7.60. The molecule has 0 atom stereocenters. The predicted octanol–water partition coefficient (Wildman–Crippen LogP) is 3.28. The molecule has 1 aromatic heterocycles. The maximum Gasteiger partial charge on any atom is 0.0548 e. The number of rotatable bonds is 2. The third-order valence-corrected chi connectivity index (χ3v) is 1.46. The summed E-state index contributed by atoms with van der Waals surface area (Å²) < 4.78 is 0. The van der Waals surface area contributed by atoms with Crippen molar-refractivity contribution in [2.75, 3.05) is 12.4 Å². The molecule has 2 nitrogen and oxygen atoms in total. The van der Waals surface area contributed by atoms with Crippen LogP contribution in [-0.2, 0) is 6.42 Å². The highest BCUT2D eigenvalue weighted by atomic mass is 14.9. The predicted molar refractivity (Wildman–Crippen MR) is 65.6 cm³/mol. The molecule has 2 heteroatoms. The zero-order valence-electron chi connectivity index (χ0n) is 9.94. The smallest absolute Gasteiger partial charge is 0.0548 e. The number of nitrogens with one attached hydrogen (secondary N) is 2. The van der Waals surface area contributed by atoms with Crippen LogP contribution in [0.5, 0.6) is 0 Å². The maximum atomic E-state index is 4.60. The molecule has 0 saturated carbocycles. The molecule has 0 fully saturated rings. The van der Waals surface area contributed by atoms with E-state index in [4.69, 9.17) is 0 Å². The number of aromatic amines is 1. The quantitative estimate of drug-likeness (QED) is 0.695. The van der Waals surface area contributed by atoms with Crippen molar-refractivity contribution in [1.82, 2.24) is 4.98 Å². The summed E-state index contributed by atoms with van der Waals surface area (Å²) in [5.74, 6) is 2.25. The minimum Gasteiger partial charge on any atom is -0.387 e. The molecule has 80 valence electrons. The lowest BCUT2D eigenvalue weighted by molar-refractivity contribution is 1.06. The molecule has 0 unspecified atom stereocenters. The summed E-state index contributed by atoms with van der Waals surface area (Å²) in [4.78, 5) is 3.14. The molecule has 2 N–H and O–H groups in total. The van der Waals surface area contributed by atoms with Crippen molar-refractivity contribution in [3.63, 3.8) is 0 Å². The fourth-order valence-electron chi connectivity index (χ4n) is 0.931. The number of hydrogen-bond acceptors (Lipinski definition) is 1. The van der Waals surface area contributed by atoms with Crippen LogP contribution >= 0.6 is 0 Å². The molecule has 0 spiro atoms. The first-order valence-electron chi connectivity index (χ1n) is 5.01. The van der Waals surface area contributed by atoms with Gasteiger partial charge in [-0.25, -0.2) is 0 Å². The zero-order valence-corrected chi connectivity index (χ0v) is 9.94. The lowest BCUT2D eigenvalue weighted by atomic mass is 10.3. The normalized spacial score (nSPS) is 7.14. The van der Waals surface area contributed by atoms with Crippen molar-refractivity contribution < 1.29 is 0 Å². The van der Waals surface area contributed by atoms with E-state index in [1.165, 1.54) is 11.4 Å². The fraction of sp³-hybridized carbons (Fsp3) is 0.500. The summed E-state index contributed by atoms with van der Waals surface area (Å²) in [6.45, 7) is 7.78. The topological polar surface area (TPSA) is 27.8 Å². The number of hydrogen-bond donors (Lipinski definition) is 2. The molecule has 0 aliphatic carbocycles. The van der Waals surface area contributed by atoms with Crippen LogP contribution < -0.4 is 5.32 Å². The van der Waals surface area contributed by atoms with Crippen LogP contribution in [0.15, 0.2) is 12.3 Å². The molecule has 0 saturated heterocycles. The maximum absolute atomic E-state index is 4.60. The van der Waals surface area contributed by atoms with Gasteiger partial charge in [0, 0.05) is 18.9 Å². The summed E-state index contributed by atoms with van der Waals surface area (Å²) in [6, 6.07) is 2.04. The Balaban J connectivity index is 0. The van der Waals surface area contributed by atoms with Crippen molar-refractivity contribution in [3.05, 3.63) is 18.0 Å². The van der Waals surface area contributed by atoms with Crippen LogP contribution in [0.3, 0.4) is 0 Å². The molecule has 1 rings (SSSR count). The number of H-pyrrole nitrogens is 1. The van der Waals surface area contributed by atoms with Crippen molar-refractivity contribution in [2.45, 2.75) is 34.1 Å². The average Bonchev–Trinajstić information content (AvgIpc) is 2.69.